The van der Waals surface area contributed by atoms with Crippen LogP contribution in [0.2, 0.25) is 0 Å². The molecule has 144 valence electrons. The van der Waals surface area contributed by atoms with Gasteiger partial charge in [0.25, 0.3) is 5.91 Å². The molecule has 1 aromatic heterocycles. The van der Waals surface area contributed by atoms with Crippen molar-refractivity contribution in [3.05, 3.63) is 70.4 Å². The summed E-state index contributed by atoms with van der Waals surface area (Å²) >= 11 is 1.47. The molecule has 0 spiro atoms. The Morgan fingerprint density at radius 3 is 2.71 bits per heavy atom. The molecular weight excluding hydrogens is 400 g/mol. The summed E-state index contributed by atoms with van der Waals surface area (Å²) in [7, 11) is -3.73. The Hall–Kier alpha value is -2.88. The van der Waals surface area contributed by atoms with E-state index in [4.69, 9.17) is 9.47 Å². The Balaban J connectivity index is 1.48. The normalized spacial score (nSPS) is 12.7. The van der Waals surface area contributed by atoms with Crippen LogP contribution in [-0.4, -0.2) is 21.1 Å². The van der Waals surface area contributed by atoms with E-state index in [1.807, 2.05) is 17.5 Å². The van der Waals surface area contributed by atoms with Crippen LogP contribution in [0.15, 0.2) is 64.9 Å². The van der Waals surface area contributed by atoms with Crippen molar-refractivity contribution in [1.29, 1.82) is 0 Å². The summed E-state index contributed by atoms with van der Waals surface area (Å²) in [6.07, 6.45) is 0. The number of thiophene rings is 1. The van der Waals surface area contributed by atoms with Crippen molar-refractivity contribution in [2.75, 3.05) is 12.1 Å². The van der Waals surface area contributed by atoms with Crippen LogP contribution in [0.4, 0.5) is 5.69 Å². The van der Waals surface area contributed by atoms with Crippen LogP contribution >= 0.6 is 11.3 Å². The van der Waals surface area contributed by atoms with Gasteiger partial charge in [-0.3, -0.25) is 4.79 Å². The molecule has 0 unspecified atom stereocenters. The Labute approximate surface area is 166 Å². The minimum Gasteiger partial charge on any atom is -0.454 e. The molecular formula is C19H16N2O5S2. The maximum atomic E-state index is 12.5. The highest BCUT2D eigenvalue weighted by Gasteiger charge is 2.18. The Morgan fingerprint density at radius 2 is 1.89 bits per heavy atom. The van der Waals surface area contributed by atoms with Crippen molar-refractivity contribution in [2.24, 2.45) is 0 Å². The van der Waals surface area contributed by atoms with E-state index < -0.39 is 15.9 Å². The van der Waals surface area contributed by atoms with Crippen molar-refractivity contribution >= 4 is 33.0 Å². The molecule has 0 saturated heterocycles. The van der Waals surface area contributed by atoms with Gasteiger partial charge in [0, 0.05) is 28.7 Å². The van der Waals surface area contributed by atoms with Gasteiger partial charge >= 0.3 is 0 Å². The fraction of sp³-hybridized carbons (Fsp3) is 0.105. The van der Waals surface area contributed by atoms with Gasteiger partial charge in [0.15, 0.2) is 11.5 Å². The first-order chi connectivity index (χ1) is 13.5. The molecule has 0 saturated carbocycles. The number of ether oxygens (including phenoxy) is 2. The Bertz CT molecular complexity index is 1110. The second-order valence-corrected chi connectivity index (χ2v) is 8.75. The van der Waals surface area contributed by atoms with Gasteiger partial charge in [0.2, 0.25) is 16.8 Å². The third-order valence-corrected chi connectivity index (χ3v) is 6.33. The maximum absolute atomic E-state index is 12.5. The number of carbonyl (C=O) groups is 1. The number of hydrogen-bond acceptors (Lipinski definition) is 6. The van der Waals surface area contributed by atoms with E-state index in [-0.39, 0.29) is 23.8 Å². The number of amides is 1. The molecule has 2 aromatic carbocycles. The minimum atomic E-state index is -3.73. The monoisotopic (exact) mass is 416 g/mol. The van der Waals surface area contributed by atoms with E-state index >= 15 is 0 Å². The smallest absolute Gasteiger partial charge is 0.255 e. The van der Waals surface area contributed by atoms with Crippen molar-refractivity contribution in [2.45, 2.75) is 11.4 Å². The van der Waals surface area contributed by atoms with Crippen molar-refractivity contribution in [1.82, 2.24) is 4.72 Å². The summed E-state index contributed by atoms with van der Waals surface area (Å²) in [5, 5.41) is 4.61. The zero-order chi connectivity index (χ0) is 19.6. The molecule has 7 nitrogen and oxygen atoms in total. The average Bonchev–Trinajstić information content (AvgIpc) is 3.38. The number of sulfonamides is 1. The first kappa shape index (κ1) is 18.5. The molecule has 4 rings (SSSR count). The number of anilines is 1. The Morgan fingerprint density at radius 1 is 1.04 bits per heavy atom. The fourth-order valence-electron chi connectivity index (χ4n) is 2.64. The first-order valence-electron chi connectivity index (χ1n) is 8.34. The van der Waals surface area contributed by atoms with Gasteiger partial charge in [-0.25, -0.2) is 13.1 Å². The predicted molar refractivity (Wildman–Crippen MR) is 105 cm³/mol. The van der Waals surface area contributed by atoms with Crippen LogP contribution in [0.1, 0.15) is 15.2 Å². The summed E-state index contributed by atoms with van der Waals surface area (Å²) in [6.45, 7) is 0.346. The quantitative estimate of drug-likeness (QED) is 0.644. The molecule has 0 bridgehead atoms. The first-order valence-corrected chi connectivity index (χ1v) is 10.7. The van der Waals surface area contributed by atoms with Crippen molar-refractivity contribution in [3.63, 3.8) is 0 Å². The van der Waals surface area contributed by atoms with Crippen LogP contribution in [0.3, 0.4) is 0 Å². The number of benzene rings is 2. The number of fused-ring (bicyclic) bond motifs is 1. The van der Waals surface area contributed by atoms with Crippen LogP contribution in [-0.2, 0) is 16.6 Å². The highest BCUT2D eigenvalue weighted by Crippen LogP contribution is 2.34. The summed E-state index contributed by atoms with van der Waals surface area (Å²) in [4.78, 5) is 13.5. The molecule has 1 aliphatic heterocycles. The molecule has 28 heavy (non-hydrogen) atoms. The van der Waals surface area contributed by atoms with Gasteiger partial charge in [0.05, 0.1) is 4.90 Å². The van der Waals surface area contributed by atoms with Crippen molar-refractivity contribution in [3.8, 4) is 11.5 Å². The fourth-order valence-corrected chi connectivity index (χ4v) is 4.43. The predicted octanol–water partition coefficient (Wildman–Crippen LogP) is 3.21. The number of nitrogens with one attached hydrogen (secondary N) is 2. The Kier molecular flexibility index (Phi) is 5.03. The topological polar surface area (TPSA) is 93.7 Å². The van der Waals surface area contributed by atoms with Gasteiger partial charge < -0.3 is 14.8 Å². The van der Waals surface area contributed by atoms with Crippen LogP contribution in [0.25, 0.3) is 0 Å². The molecule has 0 aliphatic carbocycles. The average molecular weight is 416 g/mol. The van der Waals surface area contributed by atoms with Crippen LogP contribution < -0.4 is 19.5 Å². The third kappa shape index (κ3) is 4.01. The zero-order valence-electron chi connectivity index (χ0n) is 14.5. The van der Waals surface area contributed by atoms with Gasteiger partial charge in [-0.15, -0.1) is 11.3 Å². The summed E-state index contributed by atoms with van der Waals surface area (Å²) < 4.78 is 38.1. The van der Waals surface area contributed by atoms with E-state index in [1.165, 1.54) is 29.5 Å². The number of carbonyl (C=O) groups excluding carboxylic acids is 1. The van der Waals surface area contributed by atoms with E-state index in [0.717, 1.165) is 4.88 Å². The van der Waals surface area contributed by atoms with E-state index in [0.29, 0.717) is 17.2 Å². The van der Waals surface area contributed by atoms with Crippen LogP contribution in [0.5, 0.6) is 11.5 Å². The lowest BCUT2D eigenvalue weighted by atomic mass is 10.2. The zero-order valence-corrected chi connectivity index (χ0v) is 16.2. The molecule has 2 N–H and O–H groups in total. The van der Waals surface area contributed by atoms with Crippen LogP contribution in [0, 0.1) is 0 Å². The molecule has 0 radical (unpaired) electrons. The molecule has 9 heteroatoms. The second kappa shape index (κ2) is 7.63. The number of rotatable bonds is 6. The maximum Gasteiger partial charge on any atom is 0.255 e. The third-order valence-electron chi connectivity index (χ3n) is 4.05. The lowest BCUT2D eigenvalue weighted by Gasteiger charge is -2.09. The lowest BCUT2D eigenvalue weighted by molar-refractivity contribution is 0.102. The van der Waals surface area contributed by atoms with Crippen molar-refractivity contribution < 1.29 is 22.7 Å². The highest BCUT2D eigenvalue weighted by molar-refractivity contribution is 7.89. The standard InChI is InChI=1S/C19H16N2O5S2/c22-19(21-14-6-7-17-18(10-14)26-12-25-17)13-3-1-5-16(9-13)28(23,24)20-11-15-4-2-8-27-15/h1-10,20H,11-12H2,(H,21,22). The second-order valence-electron chi connectivity index (χ2n) is 5.95. The van der Waals surface area contributed by atoms with E-state index in [1.54, 1.807) is 24.3 Å². The molecule has 3 aromatic rings. The van der Waals surface area contributed by atoms with Gasteiger partial charge in [-0.1, -0.05) is 12.1 Å². The summed E-state index contributed by atoms with van der Waals surface area (Å²) in [5.74, 6) is 0.740. The molecule has 0 fully saturated rings. The van der Waals surface area contributed by atoms with E-state index in [9.17, 15) is 13.2 Å². The molecule has 2 heterocycles. The summed E-state index contributed by atoms with van der Waals surface area (Å²) in [5.41, 5.74) is 0.759. The lowest BCUT2D eigenvalue weighted by Crippen LogP contribution is -2.23. The van der Waals surface area contributed by atoms with E-state index in [2.05, 4.69) is 10.0 Å². The SMILES string of the molecule is O=C(Nc1ccc2c(c1)OCO2)c1cccc(S(=O)(=O)NCc2cccs2)c1. The molecule has 0 atom stereocenters. The van der Waals surface area contributed by atoms with Gasteiger partial charge in [-0.05, 0) is 41.8 Å². The molecule has 1 amide bonds. The van der Waals surface area contributed by atoms with Gasteiger partial charge in [0.1, 0.15) is 0 Å². The number of hydrogen-bond donors (Lipinski definition) is 2. The minimum absolute atomic E-state index is 0.0300. The van der Waals surface area contributed by atoms with Gasteiger partial charge in [-0.2, -0.15) is 0 Å². The highest BCUT2D eigenvalue weighted by atomic mass is 32.2. The molecule has 1 aliphatic rings. The summed E-state index contributed by atoms with van der Waals surface area (Å²) in [6, 6.07) is 14.6. The largest absolute Gasteiger partial charge is 0.454 e.